The second-order valence-electron chi connectivity index (χ2n) is 13.5. The summed E-state index contributed by atoms with van der Waals surface area (Å²) in [5.41, 5.74) is 0. The molecule has 0 heterocycles. The second kappa shape index (κ2) is 31.6. The summed E-state index contributed by atoms with van der Waals surface area (Å²) < 4.78 is 17.0. The van der Waals surface area contributed by atoms with E-state index in [9.17, 15) is 19.5 Å². The van der Waals surface area contributed by atoms with Gasteiger partial charge in [0.2, 0.25) is 0 Å². The largest absolute Gasteiger partial charge is 0.544 e. The van der Waals surface area contributed by atoms with Gasteiger partial charge in [0.25, 0.3) is 0 Å². The van der Waals surface area contributed by atoms with Crippen molar-refractivity contribution in [3.63, 3.8) is 0 Å². The number of esters is 2. The Morgan fingerprint density at radius 1 is 0.646 bits per heavy atom. The molecule has 8 nitrogen and oxygen atoms in total. The van der Waals surface area contributed by atoms with Gasteiger partial charge in [-0.05, 0) is 51.4 Å². The van der Waals surface area contributed by atoms with Crippen LogP contribution < -0.4 is 5.11 Å². The van der Waals surface area contributed by atoms with Crippen molar-refractivity contribution >= 4 is 17.9 Å². The number of unbranched alkanes of at least 4 members (excludes halogenated alkanes) is 12. The number of hydrogen-bond donors (Lipinski definition) is 0. The molecule has 0 aliphatic heterocycles. The van der Waals surface area contributed by atoms with Crippen LogP contribution in [0.4, 0.5) is 0 Å². The Bertz CT molecular complexity index is 932. The van der Waals surface area contributed by atoms with Gasteiger partial charge in [-0.3, -0.25) is 9.59 Å². The molecule has 0 aromatic rings. The first-order valence-electron chi connectivity index (χ1n) is 18.7. The molecule has 0 aliphatic carbocycles. The molecule has 2 atom stereocenters. The summed E-state index contributed by atoms with van der Waals surface area (Å²) in [5.74, 6) is -1.78. The fourth-order valence-corrected chi connectivity index (χ4v) is 5.05. The minimum atomic E-state index is -1.13. The predicted octanol–water partition coefficient (Wildman–Crippen LogP) is 7.96. The Morgan fingerprint density at radius 2 is 1.19 bits per heavy atom. The molecule has 0 rings (SSSR count). The highest BCUT2D eigenvalue weighted by molar-refractivity contribution is 5.70. The summed E-state index contributed by atoms with van der Waals surface area (Å²) in [5, 5.41) is 11.6. The highest BCUT2D eigenvalue weighted by Crippen LogP contribution is 2.12. The smallest absolute Gasteiger partial charge is 0.306 e. The van der Waals surface area contributed by atoms with Crippen molar-refractivity contribution in [3.8, 4) is 0 Å². The number of hydrogen-bond acceptors (Lipinski definition) is 7. The number of rotatable bonds is 32. The van der Waals surface area contributed by atoms with E-state index < -0.39 is 18.1 Å². The molecular formula is C40H69NO7. The lowest BCUT2D eigenvalue weighted by Crippen LogP contribution is -2.55. The van der Waals surface area contributed by atoms with Crippen LogP contribution in [0.3, 0.4) is 0 Å². The van der Waals surface area contributed by atoms with Gasteiger partial charge in [0.15, 0.2) is 6.10 Å². The normalized spacial score (nSPS) is 13.6. The molecule has 48 heavy (non-hydrogen) atoms. The van der Waals surface area contributed by atoms with E-state index in [0.717, 1.165) is 77.0 Å². The fourth-order valence-electron chi connectivity index (χ4n) is 5.05. The van der Waals surface area contributed by atoms with Crippen LogP contribution in [0.5, 0.6) is 0 Å². The van der Waals surface area contributed by atoms with E-state index >= 15 is 0 Å². The van der Waals surface area contributed by atoms with Gasteiger partial charge in [0.05, 0.1) is 40.3 Å². The Hall–Kier alpha value is -2.71. The molecule has 0 aliphatic rings. The third kappa shape index (κ3) is 29.4. The monoisotopic (exact) mass is 676 g/mol. The summed E-state index contributed by atoms with van der Waals surface area (Å²) in [6.07, 6.45) is 34.2. The van der Waals surface area contributed by atoms with Gasteiger partial charge >= 0.3 is 11.9 Å². The molecule has 2 unspecified atom stereocenters. The number of likely N-dealkylation sites (N-methyl/N-ethyl adjacent to an activating group) is 1. The second-order valence-corrected chi connectivity index (χ2v) is 13.5. The van der Waals surface area contributed by atoms with Crippen molar-refractivity contribution in [2.75, 3.05) is 41.0 Å². The molecule has 0 N–H and O–H groups in total. The van der Waals surface area contributed by atoms with E-state index in [-0.39, 0.29) is 42.7 Å². The van der Waals surface area contributed by atoms with E-state index in [0.29, 0.717) is 12.8 Å². The van der Waals surface area contributed by atoms with E-state index in [1.54, 1.807) is 21.1 Å². The molecule has 0 saturated carbocycles. The minimum Gasteiger partial charge on any atom is -0.544 e. The predicted molar refractivity (Wildman–Crippen MR) is 194 cm³/mol. The van der Waals surface area contributed by atoms with Crippen LogP contribution in [0.1, 0.15) is 136 Å². The summed E-state index contributed by atoms with van der Waals surface area (Å²) in [4.78, 5) is 36.6. The SMILES string of the molecule is CC/C=C/C=C/C=C/CCCCCCCC(=O)OC(COCCC(C(=O)[O-])[N+](C)(C)C)COC(=O)CCCCCCC/C=C/CCCC. The summed E-state index contributed by atoms with van der Waals surface area (Å²) >= 11 is 0. The van der Waals surface area contributed by atoms with E-state index in [4.69, 9.17) is 14.2 Å². The number of carboxylic acids is 1. The molecule has 0 aromatic heterocycles. The van der Waals surface area contributed by atoms with E-state index in [1.165, 1.54) is 25.7 Å². The molecular weight excluding hydrogens is 606 g/mol. The Balaban J connectivity index is 4.49. The van der Waals surface area contributed by atoms with Crippen LogP contribution in [-0.4, -0.2) is 75.5 Å². The zero-order valence-electron chi connectivity index (χ0n) is 31.1. The van der Waals surface area contributed by atoms with Crippen molar-refractivity contribution in [2.45, 2.75) is 148 Å². The number of carboxylic acid groups (broad SMARTS) is 1. The maximum absolute atomic E-state index is 12.6. The number of nitrogens with zero attached hydrogens (tertiary/aromatic N) is 1. The molecule has 276 valence electrons. The topological polar surface area (TPSA) is 102 Å². The molecule has 0 fully saturated rings. The quantitative estimate of drug-likeness (QED) is 0.0234. The first-order valence-corrected chi connectivity index (χ1v) is 18.7. The third-order valence-electron chi connectivity index (χ3n) is 8.01. The summed E-state index contributed by atoms with van der Waals surface area (Å²) in [6, 6.07) is -0.730. The zero-order chi connectivity index (χ0) is 35.7. The number of ether oxygens (including phenoxy) is 3. The Labute approximate surface area is 293 Å². The highest BCUT2D eigenvalue weighted by Gasteiger charge is 2.25. The Morgan fingerprint density at radius 3 is 1.77 bits per heavy atom. The standard InChI is InChI=1S/C40H69NO7/c1-6-8-10-12-14-16-18-19-21-23-25-27-29-31-39(43)48-36(34-46-33-32-37(40(44)45)41(3,4)5)35-47-38(42)30-28-26-24-22-20-17-15-13-11-9-7-2/h8,10,12-16,18,36-37H,6-7,9,11,17,19-35H2,1-5H3/b10-8+,14-12+,15-13+,18-16+. The van der Waals surface area contributed by atoms with Crippen LogP contribution in [0.15, 0.2) is 48.6 Å². The first kappa shape index (κ1) is 45.3. The lowest BCUT2D eigenvalue weighted by Gasteiger charge is -2.34. The van der Waals surface area contributed by atoms with Crippen molar-refractivity contribution in [1.82, 2.24) is 0 Å². The van der Waals surface area contributed by atoms with Crippen molar-refractivity contribution in [3.05, 3.63) is 48.6 Å². The molecule has 0 spiro atoms. The number of carbonyl (C=O) groups excluding carboxylic acids is 3. The van der Waals surface area contributed by atoms with E-state index in [2.05, 4.69) is 50.3 Å². The van der Waals surface area contributed by atoms with Crippen molar-refractivity contribution < 1.29 is 38.2 Å². The third-order valence-corrected chi connectivity index (χ3v) is 8.01. The van der Waals surface area contributed by atoms with Crippen molar-refractivity contribution in [1.29, 1.82) is 0 Å². The summed E-state index contributed by atoms with van der Waals surface area (Å²) in [6.45, 7) is 4.43. The lowest BCUT2D eigenvalue weighted by molar-refractivity contribution is -0.889. The Kier molecular flexibility index (Phi) is 29.8. The number of aliphatic carboxylic acids is 1. The van der Waals surface area contributed by atoms with Crippen LogP contribution in [0.2, 0.25) is 0 Å². The van der Waals surface area contributed by atoms with Crippen LogP contribution in [0.25, 0.3) is 0 Å². The van der Waals surface area contributed by atoms with E-state index in [1.807, 2.05) is 12.2 Å². The van der Waals surface area contributed by atoms with Crippen LogP contribution in [0, 0.1) is 0 Å². The number of quaternary nitrogens is 1. The molecule has 0 radical (unpaired) electrons. The van der Waals surface area contributed by atoms with Gasteiger partial charge in [0, 0.05) is 19.3 Å². The van der Waals surface area contributed by atoms with Gasteiger partial charge in [-0.15, -0.1) is 0 Å². The highest BCUT2D eigenvalue weighted by atomic mass is 16.6. The van der Waals surface area contributed by atoms with Gasteiger partial charge in [-0.1, -0.05) is 114 Å². The van der Waals surface area contributed by atoms with Crippen LogP contribution >= 0.6 is 0 Å². The maximum atomic E-state index is 12.6. The number of carbonyl (C=O) groups is 3. The summed E-state index contributed by atoms with van der Waals surface area (Å²) in [7, 11) is 5.38. The van der Waals surface area contributed by atoms with Gasteiger partial charge in [0.1, 0.15) is 12.6 Å². The average molecular weight is 676 g/mol. The molecule has 0 amide bonds. The van der Waals surface area contributed by atoms with Crippen LogP contribution in [-0.2, 0) is 28.6 Å². The van der Waals surface area contributed by atoms with Crippen molar-refractivity contribution in [2.24, 2.45) is 0 Å². The minimum absolute atomic E-state index is 0.0282. The zero-order valence-corrected chi connectivity index (χ0v) is 31.1. The molecule has 8 heteroatoms. The average Bonchev–Trinajstić information content (AvgIpc) is 3.03. The molecule has 0 saturated heterocycles. The molecule has 0 bridgehead atoms. The maximum Gasteiger partial charge on any atom is 0.306 e. The number of allylic oxidation sites excluding steroid dienone is 8. The van der Waals surface area contributed by atoms with Gasteiger partial charge in [-0.25, -0.2) is 0 Å². The lowest BCUT2D eigenvalue weighted by atomic mass is 10.1. The first-order chi connectivity index (χ1) is 23.1. The fraction of sp³-hybridized carbons (Fsp3) is 0.725. The molecule has 0 aromatic carbocycles. The van der Waals surface area contributed by atoms with Gasteiger partial charge < -0.3 is 28.6 Å². The van der Waals surface area contributed by atoms with Gasteiger partial charge in [-0.2, -0.15) is 0 Å².